The first-order chi connectivity index (χ1) is 15.8. The van der Waals surface area contributed by atoms with Gasteiger partial charge in [0.2, 0.25) is 0 Å². The molecule has 0 saturated carbocycles. The van der Waals surface area contributed by atoms with Gasteiger partial charge in [-0.1, -0.05) is 18.2 Å². The molecule has 0 spiro atoms. The number of hydrogen-bond donors (Lipinski definition) is 4. The Morgan fingerprint density at radius 2 is 2.18 bits per heavy atom. The van der Waals surface area contributed by atoms with Crippen LogP contribution in [0.15, 0.2) is 59.9 Å². The minimum atomic E-state index is -1.13. The van der Waals surface area contributed by atoms with E-state index in [9.17, 15) is 19.4 Å². The van der Waals surface area contributed by atoms with E-state index in [1.807, 2.05) is 4.90 Å². The number of aromatic nitrogens is 1. The quantitative estimate of drug-likeness (QED) is 0.428. The number of hydrogen-bond acceptors (Lipinski definition) is 8. The number of morpholine rings is 1. The van der Waals surface area contributed by atoms with Gasteiger partial charge in [-0.15, -0.1) is 0 Å². The highest BCUT2D eigenvalue weighted by Gasteiger charge is 2.22. The summed E-state index contributed by atoms with van der Waals surface area (Å²) in [5, 5.41) is 21.6. The van der Waals surface area contributed by atoms with Crippen LogP contribution < -0.4 is 11.1 Å². The molecule has 5 N–H and O–H groups in total. The number of aliphatic hydroxyl groups is 1. The number of aromatic carboxylic acids is 1. The first-order valence-electron chi connectivity index (χ1n) is 9.89. The number of rotatable bonds is 8. The van der Waals surface area contributed by atoms with Gasteiger partial charge in [-0.05, 0) is 24.3 Å². The molecular formula is C22H23ClFN5O4. The van der Waals surface area contributed by atoms with Crippen molar-refractivity contribution in [3.05, 3.63) is 76.8 Å². The molecule has 33 heavy (non-hydrogen) atoms. The normalized spacial score (nSPS) is 17.1. The standard InChI is InChI=1S/C22H23ClFN5O4/c1-13(28-16-2-3-20(24)19(23)7-16)27-10-18(14-6-15(22(31)32)9-26-8-14)21(25)29-4-5-33-17(11-29)12-30/h2-3,6-10,17,28,30H,1,4-5,11-12,25H2,(H,31,32)/b21-18-,27-10-. The number of carbonyl (C=O) groups is 1. The van der Waals surface area contributed by atoms with E-state index in [1.54, 1.807) is 0 Å². The van der Waals surface area contributed by atoms with Crippen LogP contribution in [0.5, 0.6) is 0 Å². The number of aliphatic imine (C=N–C) groups is 1. The molecule has 1 aromatic heterocycles. The molecule has 0 amide bonds. The first kappa shape index (κ1) is 24.2. The average Bonchev–Trinajstić information content (AvgIpc) is 2.81. The van der Waals surface area contributed by atoms with Crippen LogP contribution in [0.1, 0.15) is 15.9 Å². The molecule has 1 aliphatic heterocycles. The number of carboxylic acid groups (broad SMARTS) is 1. The lowest BCUT2D eigenvalue weighted by Gasteiger charge is -2.34. The summed E-state index contributed by atoms with van der Waals surface area (Å²) in [6.45, 7) is 4.84. The Morgan fingerprint density at radius 1 is 1.42 bits per heavy atom. The van der Waals surface area contributed by atoms with Gasteiger partial charge < -0.3 is 30.9 Å². The van der Waals surface area contributed by atoms with Gasteiger partial charge in [-0.25, -0.2) is 14.2 Å². The van der Waals surface area contributed by atoms with Crippen molar-refractivity contribution in [2.24, 2.45) is 10.7 Å². The van der Waals surface area contributed by atoms with E-state index in [-0.39, 0.29) is 23.0 Å². The summed E-state index contributed by atoms with van der Waals surface area (Å²) in [6.07, 6.45) is 3.73. The molecule has 174 valence electrons. The van der Waals surface area contributed by atoms with Crippen molar-refractivity contribution < 1.29 is 24.1 Å². The lowest BCUT2D eigenvalue weighted by Crippen LogP contribution is -2.45. The van der Waals surface area contributed by atoms with Crippen molar-refractivity contribution in [3.63, 3.8) is 0 Å². The fourth-order valence-electron chi connectivity index (χ4n) is 3.13. The SMILES string of the molecule is C=C(/N=C\C(=C(/N)N1CCOC(CO)C1)c1cncc(C(=O)O)c1)Nc1ccc(F)c(Cl)c1. The largest absolute Gasteiger partial charge is 0.478 e. The number of allylic oxidation sites excluding steroid dienone is 1. The second kappa shape index (κ2) is 10.9. The van der Waals surface area contributed by atoms with Crippen LogP contribution in [-0.4, -0.2) is 64.7 Å². The molecule has 1 aliphatic rings. The molecule has 11 heteroatoms. The summed E-state index contributed by atoms with van der Waals surface area (Å²) in [5.74, 6) is -1.17. The predicted molar refractivity (Wildman–Crippen MR) is 123 cm³/mol. The molecular weight excluding hydrogens is 453 g/mol. The maximum atomic E-state index is 13.4. The molecule has 1 fully saturated rings. The fraction of sp³-hybridized carbons (Fsp3) is 0.227. The van der Waals surface area contributed by atoms with Gasteiger partial charge in [0.05, 0.1) is 29.9 Å². The number of halogens is 2. The lowest BCUT2D eigenvalue weighted by atomic mass is 10.1. The van der Waals surface area contributed by atoms with Gasteiger partial charge in [0, 0.05) is 48.5 Å². The number of carboxylic acids is 1. The maximum Gasteiger partial charge on any atom is 0.337 e. The first-order valence-corrected chi connectivity index (χ1v) is 10.3. The van der Waals surface area contributed by atoms with E-state index in [0.717, 1.165) is 0 Å². The van der Waals surface area contributed by atoms with Crippen LogP contribution in [0.3, 0.4) is 0 Å². The lowest BCUT2D eigenvalue weighted by molar-refractivity contribution is -0.0432. The fourth-order valence-corrected chi connectivity index (χ4v) is 3.31. The molecule has 1 aromatic carbocycles. The van der Waals surface area contributed by atoms with Crippen LogP contribution >= 0.6 is 11.6 Å². The average molecular weight is 476 g/mol. The van der Waals surface area contributed by atoms with Crippen molar-refractivity contribution in [1.29, 1.82) is 0 Å². The molecule has 2 heterocycles. The summed E-state index contributed by atoms with van der Waals surface area (Å²) in [4.78, 5) is 21.5. The van der Waals surface area contributed by atoms with E-state index >= 15 is 0 Å². The second-order valence-electron chi connectivity index (χ2n) is 7.15. The maximum absolute atomic E-state index is 13.4. The molecule has 0 aliphatic carbocycles. The molecule has 1 unspecified atom stereocenters. The Morgan fingerprint density at radius 3 is 2.88 bits per heavy atom. The van der Waals surface area contributed by atoms with E-state index in [2.05, 4.69) is 21.9 Å². The highest BCUT2D eigenvalue weighted by molar-refractivity contribution is 6.31. The van der Waals surface area contributed by atoms with Gasteiger partial charge in [0.25, 0.3) is 0 Å². The van der Waals surface area contributed by atoms with E-state index in [0.29, 0.717) is 42.3 Å². The highest BCUT2D eigenvalue weighted by Crippen LogP contribution is 2.22. The molecule has 9 nitrogen and oxygen atoms in total. The summed E-state index contributed by atoms with van der Waals surface area (Å²) in [7, 11) is 0. The zero-order chi connectivity index (χ0) is 24.0. The number of nitrogens with two attached hydrogens (primary N) is 1. The van der Waals surface area contributed by atoms with E-state index < -0.39 is 17.9 Å². The zero-order valence-corrected chi connectivity index (χ0v) is 18.3. The summed E-state index contributed by atoms with van der Waals surface area (Å²) >= 11 is 5.80. The highest BCUT2D eigenvalue weighted by atomic mass is 35.5. The van der Waals surface area contributed by atoms with Gasteiger partial charge in [0.15, 0.2) is 0 Å². The van der Waals surface area contributed by atoms with Crippen molar-refractivity contribution >= 4 is 35.0 Å². The molecule has 0 radical (unpaired) electrons. The van der Waals surface area contributed by atoms with Crippen LogP contribution in [0.25, 0.3) is 5.57 Å². The summed E-state index contributed by atoms with van der Waals surface area (Å²) in [5.41, 5.74) is 7.74. The molecule has 3 rings (SSSR count). The molecule has 1 saturated heterocycles. The van der Waals surface area contributed by atoms with Crippen molar-refractivity contribution in [1.82, 2.24) is 9.88 Å². The second-order valence-corrected chi connectivity index (χ2v) is 7.55. The number of anilines is 1. The van der Waals surface area contributed by atoms with Gasteiger partial charge >= 0.3 is 5.97 Å². The smallest absolute Gasteiger partial charge is 0.337 e. The molecule has 2 aromatic rings. The van der Waals surface area contributed by atoms with E-state index in [1.165, 1.54) is 42.9 Å². The van der Waals surface area contributed by atoms with Gasteiger partial charge in [0.1, 0.15) is 17.5 Å². The Hall–Kier alpha value is -3.47. The summed E-state index contributed by atoms with van der Waals surface area (Å²) < 4.78 is 18.8. The number of aliphatic hydroxyl groups excluding tert-OH is 1. The number of nitrogens with one attached hydrogen (secondary N) is 1. The molecule has 0 bridgehead atoms. The van der Waals surface area contributed by atoms with Crippen LogP contribution in [0, 0.1) is 5.82 Å². The third kappa shape index (κ3) is 6.28. The monoisotopic (exact) mass is 475 g/mol. The summed E-state index contributed by atoms with van der Waals surface area (Å²) in [6, 6.07) is 5.52. The van der Waals surface area contributed by atoms with Gasteiger partial charge in [-0.3, -0.25) is 4.98 Å². The topological polar surface area (TPSA) is 133 Å². The van der Waals surface area contributed by atoms with Gasteiger partial charge in [-0.2, -0.15) is 0 Å². The van der Waals surface area contributed by atoms with Crippen molar-refractivity contribution in [3.8, 4) is 0 Å². The number of ether oxygens (including phenoxy) is 1. The molecule has 1 atom stereocenters. The zero-order valence-electron chi connectivity index (χ0n) is 17.5. The minimum Gasteiger partial charge on any atom is -0.478 e. The number of benzene rings is 1. The predicted octanol–water partition coefficient (Wildman–Crippen LogP) is 2.55. The Kier molecular flexibility index (Phi) is 7.99. The van der Waals surface area contributed by atoms with Crippen molar-refractivity contribution in [2.45, 2.75) is 6.10 Å². The minimum absolute atomic E-state index is 0.0145. The van der Waals surface area contributed by atoms with Crippen LogP contribution in [0.2, 0.25) is 5.02 Å². The Balaban J connectivity index is 1.92. The van der Waals surface area contributed by atoms with Crippen LogP contribution in [-0.2, 0) is 4.74 Å². The van der Waals surface area contributed by atoms with Crippen LogP contribution in [0.4, 0.5) is 10.1 Å². The third-order valence-electron chi connectivity index (χ3n) is 4.81. The number of nitrogens with zero attached hydrogens (tertiary/aromatic N) is 3. The Labute approximate surface area is 194 Å². The third-order valence-corrected chi connectivity index (χ3v) is 5.10. The number of pyridine rings is 1. The van der Waals surface area contributed by atoms with E-state index in [4.69, 9.17) is 22.1 Å². The van der Waals surface area contributed by atoms with Crippen molar-refractivity contribution in [2.75, 3.05) is 31.6 Å². The Bertz CT molecular complexity index is 1110.